The zero-order valence-corrected chi connectivity index (χ0v) is 13.7. The third-order valence-corrected chi connectivity index (χ3v) is 4.63. The number of aliphatic hydroxyl groups is 1. The lowest BCUT2D eigenvalue weighted by Crippen LogP contribution is -2.31. The fraction of sp³-hybridized carbons (Fsp3) is 0.111. The molecule has 0 atom stereocenters. The van der Waals surface area contributed by atoms with E-state index in [4.69, 9.17) is 5.11 Å². The first-order valence-electron chi connectivity index (χ1n) is 7.41. The Balaban J connectivity index is 2.07. The highest BCUT2D eigenvalue weighted by molar-refractivity contribution is 8.04. The minimum Gasteiger partial charge on any atom is -0.396 e. The molecule has 0 aromatic heterocycles. The van der Waals surface area contributed by atoms with Crippen LogP contribution in [0.25, 0.3) is 5.57 Å². The van der Waals surface area contributed by atoms with Crippen molar-refractivity contribution in [3.8, 4) is 0 Å². The van der Waals surface area contributed by atoms with Crippen LogP contribution in [0.1, 0.15) is 5.56 Å². The Hall–Kier alpha value is -2.51. The standard InChI is InChI=1S/C18H13F2NO3S/c19-12-6-4-11(5-7-12)15-16(25-9-8-22)18(24)21(17(15)23)14-3-1-2-13(20)10-14/h1-7,10,22H,8-9H2. The van der Waals surface area contributed by atoms with Gasteiger partial charge in [0, 0.05) is 5.75 Å². The predicted octanol–water partition coefficient (Wildman–Crippen LogP) is 2.97. The average molecular weight is 361 g/mol. The van der Waals surface area contributed by atoms with Crippen LogP contribution in [0.15, 0.2) is 53.4 Å². The second-order valence-electron chi connectivity index (χ2n) is 5.21. The van der Waals surface area contributed by atoms with Crippen LogP contribution < -0.4 is 4.90 Å². The van der Waals surface area contributed by atoms with Crippen LogP contribution in [0.4, 0.5) is 14.5 Å². The number of benzene rings is 2. The van der Waals surface area contributed by atoms with Crippen molar-refractivity contribution < 1.29 is 23.5 Å². The number of carbonyl (C=O) groups is 2. The first-order valence-corrected chi connectivity index (χ1v) is 8.39. The van der Waals surface area contributed by atoms with E-state index < -0.39 is 23.4 Å². The van der Waals surface area contributed by atoms with E-state index in [0.717, 1.165) is 22.7 Å². The summed E-state index contributed by atoms with van der Waals surface area (Å²) in [6.45, 7) is -0.174. The van der Waals surface area contributed by atoms with Gasteiger partial charge in [-0.3, -0.25) is 9.59 Å². The van der Waals surface area contributed by atoms with E-state index in [9.17, 15) is 18.4 Å². The monoisotopic (exact) mass is 361 g/mol. The van der Waals surface area contributed by atoms with Gasteiger partial charge in [-0.2, -0.15) is 0 Å². The molecule has 128 valence electrons. The number of imide groups is 1. The molecular weight excluding hydrogens is 348 g/mol. The first-order chi connectivity index (χ1) is 12.0. The van der Waals surface area contributed by atoms with Crippen molar-refractivity contribution in [3.63, 3.8) is 0 Å². The fourth-order valence-electron chi connectivity index (χ4n) is 2.51. The molecule has 0 aliphatic carbocycles. The number of thioether (sulfide) groups is 1. The molecule has 0 spiro atoms. The Labute approximate surface area is 146 Å². The number of rotatable bonds is 5. The lowest BCUT2D eigenvalue weighted by Gasteiger charge is -2.15. The van der Waals surface area contributed by atoms with Gasteiger partial charge >= 0.3 is 0 Å². The van der Waals surface area contributed by atoms with E-state index in [1.165, 1.54) is 42.5 Å². The largest absolute Gasteiger partial charge is 0.396 e. The third kappa shape index (κ3) is 3.33. The van der Waals surface area contributed by atoms with Crippen molar-refractivity contribution in [2.24, 2.45) is 0 Å². The average Bonchev–Trinajstić information content (AvgIpc) is 2.84. The van der Waals surface area contributed by atoms with Crippen LogP contribution in [-0.4, -0.2) is 29.3 Å². The highest BCUT2D eigenvalue weighted by Gasteiger charge is 2.40. The molecule has 2 aromatic rings. The molecule has 4 nitrogen and oxygen atoms in total. The molecule has 25 heavy (non-hydrogen) atoms. The number of nitrogens with zero attached hydrogens (tertiary/aromatic N) is 1. The Kier molecular flexibility index (Phi) is 4.96. The molecule has 2 amide bonds. The number of carbonyl (C=O) groups excluding carboxylic acids is 2. The van der Waals surface area contributed by atoms with Gasteiger partial charge in [-0.15, -0.1) is 11.8 Å². The van der Waals surface area contributed by atoms with Gasteiger partial charge in [-0.25, -0.2) is 13.7 Å². The number of hydrogen-bond donors (Lipinski definition) is 1. The van der Waals surface area contributed by atoms with Crippen molar-refractivity contribution >= 4 is 34.8 Å². The maximum Gasteiger partial charge on any atom is 0.272 e. The quantitative estimate of drug-likeness (QED) is 0.832. The van der Waals surface area contributed by atoms with Gasteiger partial charge in [0.2, 0.25) is 0 Å². The summed E-state index contributed by atoms with van der Waals surface area (Å²) < 4.78 is 26.7. The minimum atomic E-state index is -0.609. The van der Waals surface area contributed by atoms with Crippen molar-refractivity contribution in [2.45, 2.75) is 0 Å². The second-order valence-corrected chi connectivity index (χ2v) is 6.31. The SMILES string of the molecule is O=C1C(SCCO)=C(c2ccc(F)cc2)C(=O)N1c1cccc(F)c1. The summed E-state index contributed by atoms with van der Waals surface area (Å²) in [5.41, 5.74) is 0.626. The molecule has 1 N–H and O–H groups in total. The Morgan fingerprint density at radius 3 is 2.32 bits per heavy atom. The van der Waals surface area contributed by atoms with E-state index >= 15 is 0 Å². The van der Waals surface area contributed by atoms with E-state index in [2.05, 4.69) is 0 Å². The molecule has 2 aromatic carbocycles. The molecule has 1 heterocycles. The summed E-state index contributed by atoms with van der Waals surface area (Å²) in [5, 5.41) is 9.04. The number of amides is 2. The summed E-state index contributed by atoms with van der Waals surface area (Å²) >= 11 is 1.04. The Bertz CT molecular complexity index is 865. The zero-order chi connectivity index (χ0) is 18.0. The van der Waals surface area contributed by atoms with Gasteiger partial charge in [-0.05, 0) is 35.9 Å². The van der Waals surface area contributed by atoms with Crippen molar-refractivity contribution in [1.82, 2.24) is 0 Å². The Morgan fingerprint density at radius 1 is 0.960 bits per heavy atom. The van der Waals surface area contributed by atoms with E-state index in [1.807, 2.05) is 0 Å². The minimum absolute atomic E-state index is 0.118. The number of halogens is 2. The van der Waals surface area contributed by atoms with Crippen LogP contribution in [0, 0.1) is 11.6 Å². The van der Waals surface area contributed by atoms with E-state index in [0.29, 0.717) is 5.56 Å². The summed E-state index contributed by atoms with van der Waals surface area (Å²) in [6.07, 6.45) is 0. The molecule has 0 bridgehead atoms. The molecule has 1 aliphatic rings. The van der Waals surface area contributed by atoms with Crippen LogP contribution in [-0.2, 0) is 9.59 Å². The van der Waals surface area contributed by atoms with Crippen LogP contribution >= 0.6 is 11.8 Å². The lowest BCUT2D eigenvalue weighted by molar-refractivity contribution is -0.119. The molecule has 3 rings (SSSR count). The topological polar surface area (TPSA) is 57.6 Å². The van der Waals surface area contributed by atoms with Gasteiger partial charge in [0.1, 0.15) is 11.6 Å². The van der Waals surface area contributed by atoms with Crippen LogP contribution in [0.3, 0.4) is 0 Å². The maximum absolute atomic E-state index is 13.5. The molecule has 0 fully saturated rings. The smallest absolute Gasteiger partial charge is 0.272 e. The zero-order valence-electron chi connectivity index (χ0n) is 12.9. The maximum atomic E-state index is 13.5. The highest BCUT2D eigenvalue weighted by atomic mass is 32.2. The van der Waals surface area contributed by atoms with E-state index in [1.54, 1.807) is 0 Å². The third-order valence-electron chi connectivity index (χ3n) is 3.58. The van der Waals surface area contributed by atoms with Crippen LogP contribution in [0.5, 0.6) is 0 Å². The Morgan fingerprint density at radius 2 is 1.68 bits per heavy atom. The molecule has 0 saturated carbocycles. The van der Waals surface area contributed by atoms with E-state index in [-0.39, 0.29) is 28.5 Å². The normalized spacial score (nSPS) is 14.6. The van der Waals surface area contributed by atoms with Crippen LogP contribution in [0.2, 0.25) is 0 Å². The highest BCUT2D eigenvalue weighted by Crippen LogP contribution is 2.38. The number of anilines is 1. The fourth-order valence-corrected chi connectivity index (χ4v) is 3.37. The molecule has 0 saturated heterocycles. The van der Waals surface area contributed by atoms with Crippen molar-refractivity contribution in [1.29, 1.82) is 0 Å². The van der Waals surface area contributed by atoms with Gasteiger partial charge in [0.15, 0.2) is 0 Å². The van der Waals surface area contributed by atoms with Gasteiger partial charge in [0.25, 0.3) is 11.8 Å². The summed E-state index contributed by atoms with van der Waals surface area (Å²) in [5.74, 6) is -2.02. The summed E-state index contributed by atoms with van der Waals surface area (Å²) in [4.78, 5) is 26.6. The van der Waals surface area contributed by atoms with Gasteiger partial charge in [0.05, 0.1) is 22.8 Å². The second kappa shape index (κ2) is 7.16. The molecule has 0 radical (unpaired) electrons. The first kappa shape index (κ1) is 17.3. The van der Waals surface area contributed by atoms with Gasteiger partial charge < -0.3 is 5.11 Å². The number of aliphatic hydroxyl groups excluding tert-OH is 1. The lowest BCUT2D eigenvalue weighted by atomic mass is 10.1. The van der Waals surface area contributed by atoms with Crippen molar-refractivity contribution in [3.05, 3.63) is 70.6 Å². The van der Waals surface area contributed by atoms with Crippen molar-refractivity contribution in [2.75, 3.05) is 17.3 Å². The van der Waals surface area contributed by atoms with Gasteiger partial charge in [-0.1, -0.05) is 18.2 Å². The summed E-state index contributed by atoms with van der Waals surface area (Å²) in [7, 11) is 0. The number of hydrogen-bond acceptors (Lipinski definition) is 4. The molecular formula is C18H13F2NO3S. The summed E-state index contributed by atoms with van der Waals surface area (Å²) in [6, 6.07) is 10.4. The molecule has 1 aliphatic heterocycles. The molecule has 0 unspecified atom stereocenters. The predicted molar refractivity (Wildman–Crippen MR) is 91.8 cm³/mol. The molecule has 7 heteroatoms.